The third kappa shape index (κ3) is 4.24. The summed E-state index contributed by atoms with van der Waals surface area (Å²) in [6.45, 7) is 2.03. The van der Waals surface area contributed by atoms with Crippen LogP contribution in [0.15, 0.2) is 22.7 Å². The van der Waals surface area contributed by atoms with Crippen LogP contribution in [-0.4, -0.2) is 29.1 Å². The number of carbonyl (C=O) groups is 1. The van der Waals surface area contributed by atoms with Gasteiger partial charge in [-0.2, -0.15) is 11.8 Å². The molecule has 1 rings (SSSR count). The summed E-state index contributed by atoms with van der Waals surface area (Å²) >= 11 is 4.98. The Morgan fingerprint density at radius 1 is 1.59 bits per heavy atom. The van der Waals surface area contributed by atoms with E-state index in [1.165, 1.54) is 6.07 Å². The second-order valence-electron chi connectivity index (χ2n) is 3.70. The first-order valence-corrected chi connectivity index (χ1v) is 7.55. The minimum absolute atomic E-state index is 0.00436. The predicted octanol–water partition coefficient (Wildman–Crippen LogP) is 3.03. The van der Waals surface area contributed by atoms with E-state index in [1.54, 1.807) is 23.9 Å². The Morgan fingerprint density at radius 2 is 2.29 bits per heavy atom. The molecule has 0 radical (unpaired) electrons. The number of amides is 1. The standard InChI is InChI=1S/C12H16BrNO2S/c1-3-9(7-17-2)14-12(16)10-6-8(13)4-5-11(10)15/h4-6,9,15H,3,7H2,1-2H3,(H,14,16). The average Bonchev–Trinajstić information content (AvgIpc) is 2.31. The van der Waals surface area contributed by atoms with Crippen LogP contribution in [0.3, 0.4) is 0 Å². The minimum atomic E-state index is -0.232. The lowest BCUT2D eigenvalue weighted by atomic mass is 10.1. The lowest BCUT2D eigenvalue weighted by Crippen LogP contribution is -2.36. The summed E-state index contributed by atoms with van der Waals surface area (Å²) in [6, 6.07) is 4.96. The van der Waals surface area contributed by atoms with Gasteiger partial charge in [0.25, 0.3) is 5.91 Å². The highest BCUT2D eigenvalue weighted by Gasteiger charge is 2.15. The maximum Gasteiger partial charge on any atom is 0.255 e. The van der Waals surface area contributed by atoms with Gasteiger partial charge in [0.05, 0.1) is 5.56 Å². The van der Waals surface area contributed by atoms with Gasteiger partial charge in [-0.1, -0.05) is 22.9 Å². The number of hydrogen-bond acceptors (Lipinski definition) is 3. The molecule has 1 atom stereocenters. The number of thioether (sulfide) groups is 1. The number of phenolic OH excluding ortho intramolecular Hbond substituents is 1. The van der Waals surface area contributed by atoms with Crippen LogP contribution in [-0.2, 0) is 0 Å². The maximum atomic E-state index is 12.0. The zero-order valence-corrected chi connectivity index (χ0v) is 12.3. The Hall–Kier alpha value is -0.680. The monoisotopic (exact) mass is 317 g/mol. The molecule has 3 nitrogen and oxygen atoms in total. The smallest absolute Gasteiger partial charge is 0.255 e. The van der Waals surface area contributed by atoms with Crippen LogP contribution in [0.1, 0.15) is 23.7 Å². The normalized spacial score (nSPS) is 12.2. The summed E-state index contributed by atoms with van der Waals surface area (Å²) in [5, 5.41) is 12.5. The first kappa shape index (κ1) is 14.4. The van der Waals surface area contributed by atoms with Crippen molar-refractivity contribution in [2.75, 3.05) is 12.0 Å². The highest BCUT2D eigenvalue weighted by atomic mass is 79.9. The molecule has 0 heterocycles. The SMILES string of the molecule is CCC(CSC)NC(=O)c1cc(Br)ccc1O. The van der Waals surface area contributed by atoms with Crippen molar-refractivity contribution in [3.63, 3.8) is 0 Å². The quantitative estimate of drug-likeness (QED) is 0.877. The molecule has 94 valence electrons. The van der Waals surface area contributed by atoms with Gasteiger partial charge >= 0.3 is 0 Å². The lowest BCUT2D eigenvalue weighted by Gasteiger charge is -2.16. The van der Waals surface area contributed by atoms with Crippen molar-refractivity contribution < 1.29 is 9.90 Å². The van der Waals surface area contributed by atoms with E-state index in [4.69, 9.17) is 0 Å². The van der Waals surface area contributed by atoms with Gasteiger partial charge < -0.3 is 10.4 Å². The summed E-state index contributed by atoms with van der Waals surface area (Å²) in [4.78, 5) is 12.0. The molecule has 0 aromatic heterocycles. The fourth-order valence-corrected chi connectivity index (χ4v) is 2.50. The molecule has 5 heteroatoms. The van der Waals surface area contributed by atoms with E-state index in [2.05, 4.69) is 21.2 Å². The Labute approximate surface area is 114 Å². The summed E-state index contributed by atoms with van der Waals surface area (Å²) in [7, 11) is 0. The van der Waals surface area contributed by atoms with Crippen LogP contribution in [0, 0.1) is 0 Å². The van der Waals surface area contributed by atoms with Crippen LogP contribution in [0.5, 0.6) is 5.75 Å². The highest BCUT2D eigenvalue weighted by molar-refractivity contribution is 9.10. The van der Waals surface area contributed by atoms with Crippen molar-refractivity contribution >= 4 is 33.6 Å². The number of rotatable bonds is 5. The molecular formula is C12H16BrNO2S. The summed E-state index contributed by atoms with van der Waals surface area (Å²) in [6.07, 6.45) is 2.88. The van der Waals surface area contributed by atoms with Crippen LogP contribution < -0.4 is 5.32 Å². The van der Waals surface area contributed by atoms with Gasteiger partial charge in [0.1, 0.15) is 5.75 Å². The largest absolute Gasteiger partial charge is 0.507 e. The van der Waals surface area contributed by atoms with Gasteiger partial charge in [0.15, 0.2) is 0 Å². The molecule has 1 aromatic rings. The van der Waals surface area contributed by atoms with Crippen LogP contribution in [0.4, 0.5) is 0 Å². The maximum absolute atomic E-state index is 12.0. The van der Waals surface area contributed by atoms with Gasteiger partial charge in [0.2, 0.25) is 0 Å². The van der Waals surface area contributed by atoms with Gasteiger partial charge in [-0.05, 0) is 30.9 Å². The molecular weight excluding hydrogens is 302 g/mol. The molecule has 2 N–H and O–H groups in total. The Morgan fingerprint density at radius 3 is 2.88 bits per heavy atom. The number of hydrogen-bond donors (Lipinski definition) is 2. The first-order chi connectivity index (χ1) is 8.08. The van der Waals surface area contributed by atoms with Crippen molar-refractivity contribution in [1.82, 2.24) is 5.32 Å². The van der Waals surface area contributed by atoms with Gasteiger partial charge in [-0.15, -0.1) is 0 Å². The molecule has 1 unspecified atom stereocenters. The molecule has 0 aliphatic carbocycles. The molecule has 0 spiro atoms. The third-order valence-electron chi connectivity index (χ3n) is 2.40. The van der Waals surface area contributed by atoms with Crippen LogP contribution >= 0.6 is 27.7 Å². The summed E-state index contributed by atoms with van der Waals surface area (Å²) in [5.41, 5.74) is 0.305. The molecule has 0 aliphatic heterocycles. The predicted molar refractivity (Wildman–Crippen MR) is 75.7 cm³/mol. The van der Waals surface area contributed by atoms with Crippen molar-refractivity contribution in [2.45, 2.75) is 19.4 Å². The van der Waals surface area contributed by atoms with Crippen molar-refractivity contribution in [3.05, 3.63) is 28.2 Å². The Bertz CT molecular complexity index is 398. The fraction of sp³-hybridized carbons (Fsp3) is 0.417. The van der Waals surface area contributed by atoms with Gasteiger partial charge in [-0.25, -0.2) is 0 Å². The first-order valence-electron chi connectivity index (χ1n) is 5.36. The zero-order valence-electron chi connectivity index (χ0n) is 9.87. The average molecular weight is 318 g/mol. The van der Waals surface area contributed by atoms with Crippen molar-refractivity contribution in [3.8, 4) is 5.75 Å². The van der Waals surface area contributed by atoms with Crippen LogP contribution in [0.2, 0.25) is 0 Å². The van der Waals surface area contributed by atoms with Gasteiger partial charge in [0, 0.05) is 16.3 Å². The Kier molecular flexibility index (Phi) is 5.85. The number of nitrogens with one attached hydrogen (secondary N) is 1. The molecule has 17 heavy (non-hydrogen) atoms. The van der Waals surface area contributed by atoms with E-state index in [0.717, 1.165) is 16.6 Å². The number of phenols is 1. The van der Waals surface area contributed by atoms with Crippen molar-refractivity contribution in [1.29, 1.82) is 0 Å². The third-order valence-corrected chi connectivity index (χ3v) is 3.63. The molecule has 0 bridgehead atoms. The summed E-state index contributed by atoms with van der Waals surface area (Å²) < 4.78 is 0.776. The molecule has 0 saturated carbocycles. The van der Waals surface area contributed by atoms with E-state index in [0.29, 0.717) is 5.56 Å². The second kappa shape index (κ2) is 6.91. The van der Waals surface area contributed by atoms with E-state index in [-0.39, 0.29) is 17.7 Å². The lowest BCUT2D eigenvalue weighted by molar-refractivity contribution is 0.0937. The topological polar surface area (TPSA) is 49.3 Å². The number of benzene rings is 1. The zero-order chi connectivity index (χ0) is 12.8. The number of aromatic hydroxyl groups is 1. The van der Waals surface area contributed by atoms with E-state index < -0.39 is 0 Å². The molecule has 0 aliphatic rings. The molecule has 1 amide bonds. The molecule has 0 fully saturated rings. The van der Waals surface area contributed by atoms with E-state index in [1.807, 2.05) is 13.2 Å². The number of carbonyl (C=O) groups excluding carboxylic acids is 1. The molecule has 0 saturated heterocycles. The van der Waals surface area contributed by atoms with Crippen LogP contribution in [0.25, 0.3) is 0 Å². The number of halogens is 1. The second-order valence-corrected chi connectivity index (χ2v) is 5.52. The van der Waals surface area contributed by atoms with Gasteiger partial charge in [-0.3, -0.25) is 4.79 Å². The summed E-state index contributed by atoms with van der Waals surface area (Å²) in [5.74, 6) is 0.645. The fourth-order valence-electron chi connectivity index (χ4n) is 1.42. The van der Waals surface area contributed by atoms with E-state index >= 15 is 0 Å². The Balaban J connectivity index is 2.78. The molecule has 1 aromatic carbocycles. The van der Waals surface area contributed by atoms with E-state index in [9.17, 15) is 9.90 Å². The van der Waals surface area contributed by atoms with Crippen molar-refractivity contribution in [2.24, 2.45) is 0 Å². The minimum Gasteiger partial charge on any atom is -0.507 e. The highest BCUT2D eigenvalue weighted by Crippen LogP contribution is 2.21.